The number of hydrogen-bond acceptors (Lipinski definition) is 7. The van der Waals surface area contributed by atoms with Gasteiger partial charge in [0.25, 0.3) is 5.56 Å². The van der Waals surface area contributed by atoms with Crippen molar-refractivity contribution in [3.63, 3.8) is 0 Å². The standard InChI is InChI=1S/C20H26N4O5/c1-27-7-6-24-19(25)10-16(12-21-24)23-5-4-14(13-23)20(26)22-15-8-17(28-2)11-18(9-15)29-3/h8-12,14H,4-7,13H2,1-3H3,(H,22,26). The van der Waals surface area contributed by atoms with Gasteiger partial charge in [-0.1, -0.05) is 0 Å². The van der Waals surface area contributed by atoms with E-state index in [1.807, 2.05) is 4.90 Å². The first-order chi connectivity index (χ1) is 14.0. The number of nitrogens with one attached hydrogen (secondary N) is 1. The average Bonchev–Trinajstić information content (AvgIpc) is 3.23. The molecule has 1 aliphatic heterocycles. The molecule has 0 saturated carbocycles. The molecule has 156 valence electrons. The minimum Gasteiger partial charge on any atom is -0.497 e. The summed E-state index contributed by atoms with van der Waals surface area (Å²) in [5.41, 5.74) is 1.16. The van der Waals surface area contributed by atoms with Gasteiger partial charge in [0.1, 0.15) is 11.5 Å². The lowest BCUT2D eigenvalue weighted by molar-refractivity contribution is -0.119. The zero-order chi connectivity index (χ0) is 20.8. The summed E-state index contributed by atoms with van der Waals surface area (Å²) < 4.78 is 16.8. The SMILES string of the molecule is COCCn1ncc(N2CCC(C(=O)Nc3cc(OC)cc(OC)c3)C2)cc1=O. The van der Waals surface area contributed by atoms with Crippen LogP contribution in [0.5, 0.6) is 11.5 Å². The van der Waals surface area contributed by atoms with E-state index in [1.54, 1.807) is 51.8 Å². The first-order valence-corrected chi connectivity index (χ1v) is 9.39. The fourth-order valence-corrected chi connectivity index (χ4v) is 3.28. The lowest BCUT2D eigenvalue weighted by Gasteiger charge is -2.18. The summed E-state index contributed by atoms with van der Waals surface area (Å²) in [6.45, 7) is 2.04. The van der Waals surface area contributed by atoms with Crippen LogP contribution in [-0.2, 0) is 16.1 Å². The molecule has 9 heteroatoms. The molecule has 0 aliphatic carbocycles. The third-order valence-electron chi connectivity index (χ3n) is 4.91. The molecular weight excluding hydrogens is 376 g/mol. The second-order valence-electron chi connectivity index (χ2n) is 6.79. The van der Waals surface area contributed by atoms with Gasteiger partial charge in [-0.25, -0.2) is 4.68 Å². The molecular formula is C20H26N4O5. The van der Waals surface area contributed by atoms with Gasteiger partial charge in [0.15, 0.2) is 0 Å². The molecule has 0 spiro atoms. The van der Waals surface area contributed by atoms with Gasteiger partial charge in [-0.05, 0) is 6.42 Å². The van der Waals surface area contributed by atoms with E-state index in [9.17, 15) is 9.59 Å². The molecule has 0 radical (unpaired) electrons. The summed E-state index contributed by atoms with van der Waals surface area (Å²) in [4.78, 5) is 26.9. The molecule has 1 aromatic carbocycles. The highest BCUT2D eigenvalue weighted by atomic mass is 16.5. The van der Waals surface area contributed by atoms with E-state index in [0.717, 1.165) is 5.69 Å². The van der Waals surface area contributed by atoms with Crippen molar-refractivity contribution in [1.29, 1.82) is 0 Å². The van der Waals surface area contributed by atoms with Crippen LogP contribution in [0.4, 0.5) is 11.4 Å². The molecule has 0 bridgehead atoms. The predicted molar refractivity (Wildman–Crippen MR) is 109 cm³/mol. The monoisotopic (exact) mass is 402 g/mol. The van der Waals surface area contributed by atoms with Crippen molar-refractivity contribution >= 4 is 17.3 Å². The van der Waals surface area contributed by atoms with Crippen molar-refractivity contribution in [3.05, 3.63) is 40.8 Å². The molecule has 2 heterocycles. The van der Waals surface area contributed by atoms with Gasteiger partial charge in [0, 0.05) is 50.2 Å². The Labute approximate surface area is 169 Å². The summed E-state index contributed by atoms with van der Waals surface area (Å²) >= 11 is 0. The molecule has 29 heavy (non-hydrogen) atoms. The Kier molecular flexibility index (Phi) is 6.71. The number of amides is 1. The Morgan fingerprint density at radius 3 is 2.52 bits per heavy atom. The van der Waals surface area contributed by atoms with E-state index in [1.165, 1.54) is 4.68 Å². The average molecular weight is 402 g/mol. The van der Waals surface area contributed by atoms with Gasteiger partial charge in [-0.3, -0.25) is 9.59 Å². The van der Waals surface area contributed by atoms with E-state index in [0.29, 0.717) is 49.8 Å². The number of aromatic nitrogens is 2. The minimum absolute atomic E-state index is 0.0794. The summed E-state index contributed by atoms with van der Waals surface area (Å²) in [6.07, 6.45) is 2.35. The molecule has 1 amide bonds. The number of carbonyl (C=O) groups excluding carboxylic acids is 1. The van der Waals surface area contributed by atoms with E-state index in [-0.39, 0.29) is 17.4 Å². The fourth-order valence-electron chi connectivity index (χ4n) is 3.28. The number of hydrogen-bond donors (Lipinski definition) is 1. The van der Waals surface area contributed by atoms with Crippen LogP contribution < -0.4 is 25.2 Å². The largest absolute Gasteiger partial charge is 0.497 e. The number of benzene rings is 1. The smallest absolute Gasteiger partial charge is 0.268 e. The summed E-state index contributed by atoms with van der Waals surface area (Å²) in [5.74, 6) is 0.938. The maximum Gasteiger partial charge on any atom is 0.268 e. The van der Waals surface area contributed by atoms with Crippen molar-refractivity contribution < 1.29 is 19.0 Å². The molecule has 1 N–H and O–H groups in total. The molecule has 1 saturated heterocycles. The molecule has 1 atom stereocenters. The highest BCUT2D eigenvalue weighted by molar-refractivity contribution is 5.93. The van der Waals surface area contributed by atoms with Crippen LogP contribution in [0.2, 0.25) is 0 Å². The molecule has 2 aromatic rings. The van der Waals surface area contributed by atoms with E-state index in [2.05, 4.69) is 10.4 Å². The Hall–Kier alpha value is -3.07. The molecule has 1 aliphatic rings. The first kappa shape index (κ1) is 20.7. The van der Waals surface area contributed by atoms with Gasteiger partial charge in [-0.2, -0.15) is 5.10 Å². The number of nitrogens with zero attached hydrogens (tertiary/aromatic N) is 3. The number of methoxy groups -OCH3 is 3. The number of rotatable bonds is 8. The van der Waals surface area contributed by atoms with Crippen molar-refractivity contribution in [2.24, 2.45) is 5.92 Å². The van der Waals surface area contributed by atoms with E-state index >= 15 is 0 Å². The van der Waals surface area contributed by atoms with Crippen LogP contribution in [-0.4, -0.2) is 56.7 Å². The van der Waals surface area contributed by atoms with Crippen LogP contribution >= 0.6 is 0 Å². The van der Waals surface area contributed by atoms with Gasteiger partial charge >= 0.3 is 0 Å². The zero-order valence-corrected chi connectivity index (χ0v) is 16.9. The van der Waals surface area contributed by atoms with Crippen molar-refractivity contribution in [1.82, 2.24) is 9.78 Å². The maximum atomic E-state index is 12.7. The van der Waals surface area contributed by atoms with Crippen LogP contribution in [0.3, 0.4) is 0 Å². The Bertz CT molecular complexity index is 892. The van der Waals surface area contributed by atoms with Crippen LogP contribution in [0.1, 0.15) is 6.42 Å². The van der Waals surface area contributed by atoms with Crippen molar-refractivity contribution in [2.45, 2.75) is 13.0 Å². The first-order valence-electron chi connectivity index (χ1n) is 9.39. The van der Waals surface area contributed by atoms with E-state index in [4.69, 9.17) is 14.2 Å². The summed E-state index contributed by atoms with van der Waals surface area (Å²) in [7, 11) is 4.70. The Balaban J connectivity index is 1.64. The quantitative estimate of drug-likeness (QED) is 0.713. The number of ether oxygens (including phenoxy) is 3. The highest BCUT2D eigenvalue weighted by Gasteiger charge is 2.29. The molecule has 9 nitrogen and oxygen atoms in total. The molecule has 1 fully saturated rings. The van der Waals surface area contributed by atoms with Gasteiger partial charge in [0.05, 0.1) is 45.2 Å². The van der Waals surface area contributed by atoms with Crippen molar-refractivity contribution in [2.75, 3.05) is 51.2 Å². The van der Waals surface area contributed by atoms with Crippen LogP contribution in [0.15, 0.2) is 35.3 Å². The lowest BCUT2D eigenvalue weighted by Crippen LogP contribution is -2.29. The third-order valence-corrected chi connectivity index (χ3v) is 4.91. The molecule has 1 aromatic heterocycles. The Morgan fingerprint density at radius 1 is 1.17 bits per heavy atom. The third kappa shape index (κ3) is 5.05. The van der Waals surface area contributed by atoms with Crippen LogP contribution in [0.25, 0.3) is 0 Å². The Morgan fingerprint density at radius 2 is 1.90 bits per heavy atom. The van der Waals surface area contributed by atoms with Crippen LogP contribution in [0, 0.1) is 5.92 Å². The molecule has 3 rings (SSSR count). The second-order valence-corrected chi connectivity index (χ2v) is 6.79. The van der Waals surface area contributed by atoms with Gasteiger partial charge < -0.3 is 24.4 Å². The fraction of sp³-hybridized carbons (Fsp3) is 0.450. The number of anilines is 2. The zero-order valence-electron chi connectivity index (χ0n) is 16.9. The van der Waals surface area contributed by atoms with Crippen molar-refractivity contribution in [3.8, 4) is 11.5 Å². The number of carbonyl (C=O) groups is 1. The predicted octanol–water partition coefficient (Wildman–Crippen LogP) is 1.37. The second kappa shape index (κ2) is 9.42. The normalized spacial score (nSPS) is 16.0. The lowest BCUT2D eigenvalue weighted by atomic mass is 10.1. The highest BCUT2D eigenvalue weighted by Crippen LogP contribution is 2.28. The molecule has 1 unspecified atom stereocenters. The maximum absolute atomic E-state index is 12.7. The summed E-state index contributed by atoms with van der Waals surface area (Å²) in [6, 6.07) is 6.79. The van der Waals surface area contributed by atoms with Gasteiger partial charge in [-0.15, -0.1) is 0 Å². The summed E-state index contributed by atoms with van der Waals surface area (Å²) in [5, 5.41) is 7.12. The topological polar surface area (TPSA) is 94.9 Å². The van der Waals surface area contributed by atoms with E-state index < -0.39 is 0 Å². The minimum atomic E-state index is -0.192. The van der Waals surface area contributed by atoms with Gasteiger partial charge in [0.2, 0.25) is 5.91 Å².